The fourth-order valence-electron chi connectivity index (χ4n) is 6.51. The molecule has 13 nitrogen and oxygen atoms in total. The standard InChI is InChI=1S/C40H42IN5O8S2/c1-37(2,3)53-35(51)38(4,5)54-45-29(31(47)43-30-32(48)46-23-39(22-41,34(49)50)24-56(52)33(30)46)28-21-55-36(42-28)44-40(25-15-9-6-10-16-25,26-17-11-7-12-18-26)27-19-13-8-14-20-27/h6-21,30,33H,22-24H2,1-5H3,(H,42,44)(H,43,47)(H,49,50)/t30?,33-,39?,56?/m1/s1. The number of carboxylic acid groups (broad SMARTS) is 1. The molecular formula is C40H42IN5O8S2. The summed E-state index contributed by atoms with van der Waals surface area (Å²) >= 11 is 1.34. The van der Waals surface area contributed by atoms with E-state index >= 15 is 0 Å². The Morgan fingerprint density at radius 1 is 0.982 bits per heavy atom. The van der Waals surface area contributed by atoms with E-state index in [0.717, 1.165) is 16.7 Å². The average molecular weight is 912 g/mol. The number of thiazole rings is 1. The van der Waals surface area contributed by atoms with Crippen LogP contribution in [0.2, 0.25) is 0 Å². The maximum atomic E-state index is 14.2. The molecule has 4 atom stereocenters. The molecule has 0 spiro atoms. The van der Waals surface area contributed by atoms with Crippen LogP contribution in [0.3, 0.4) is 0 Å². The number of aliphatic carboxylic acids is 1. The van der Waals surface area contributed by atoms with Crippen molar-refractivity contribution in [1.82, 2.24) is 15.2 Å². The van der Waals surface area contributed by atoms with Gasteiger partial charge in [-0.25, -0.2) is 9.78 Å². The van der Waals surface area contributed by atoms with Crippen LogP contribution in [0.15, 0.2) is 102 Å². The molecule has 0 saturated carbocycles. The summed E-state index contributed by atoms with van der Waals surface area (Å²) in [6, 6.07) is 28.4. The lowest BCUT2D eigenvalue weighted by Gasteiger charge is -2.53. The molecule has 2 aliphatic rings. The molecular weight excluding hydrogens is 870 g/mol. The van der Waals surface area contributed by atoms with Crippen LogP contribution in [0.25, 0.3) is 0 Å². The number of alkyl halides is 1. The van der Waals surface area contributed by atoms with Gasteiger partial charge < -0.3 is 29.9 Å². The highest BCUT2D eigenvalue weighted by Gasteiger charge is 2.64. The third-order valence-electron chi connectivity index (χ3n) is 9.43. The summed E-state index contributed by atoms with van der Waals surface area (Å²) in [5, 5.41) is 21.5. The number of carboxylic acids is 1. The number of nitrogens with zero attached hydrogens (tertiary/aromatic N) is 3. The summed E-state index contributed by atoms with van der Waals surface area (Å²) in [6.45, 7) is 7.89. The second kappa shape index (κ2) is 16.1. The average Bonchev–Trinajstić information content (AvgIpc) is 3.63. The molecule has 294 valence electrons. The number of carbonyl (C=O) groups excluding carboxylic acids is 3. The monoisotopic (exact) mass is 911 g/mol. The van der Waals surface area contributed by atoms with Gasteiger partial charge in [0.05, 0.1) is 0 Å². The summed E-state index contributed by atoms with van der Waals surface area (Å²) in [7, 11) is 0. The summed E-state index contributed by atoms with van der Waals surface area (Å²) in [5.41, 5.74) is -2.29. The predicted octanol–water partition coefficient (Wildman–Crippen LogP) is 5.31. The number of oxime groups is 1. The number of halogens is 1. The van der Waals surface area contributed by atoms with Crippen molar-refractivity contribution in [2.75, 3.05) is 22.0 Å². The molecule has 0 aliphatic carbocycles. The Bertz CT molecular complexity index is 2020. The Kier molecular flexibility index (Phi) is 11.9. The van der Waals surface area contributed by atoms with Crippen LogP contribution in [0.5, 0.6) is 0 Å². The lowest BCUT2D eigenvalue weighted by molar-refractivity contribution is -0.179. The van der Waals surface area contributed by atoms with Crippen LogP contribution >= 0.6 is 33.9 Å². The lowest BCUT2D eigenvalue weighted by Crippen LogP contribution is -2.78. The first-order valence-corrected chi connectivity index (χ1v) is 21.5. The van der Waals surface area contributed by atoms with Gasteiger partial charge in [0.15, 0.2) is 16.9 Å². The van der Waals surface area contributed by atoms with Gasteiger partial charge in [-0.3, -0.25) is 19.3 Å². The molecule has 2 aliphatic heterocycles. The third kappa shape index (κ3) is 8.15. The number of aromatic nitrogens is 1. The van der Waals surface area contributed by atoms with E-state index in [0.29, 0.717) is 5.13 Å². The zero-order chi connectivity index (χ0) is 40.5. The van der Waals surface area contributed by atoms with Crippen LogP contribution in [-0.2, 0) is 45.5 Å². The predicted molar refractivity (Wildman–Crippen MR) is 222 cm³/mol. The first kappa shape index (κ1) is 41.1. The number of rotatable bonds is 13. The van der Waals surface area contributed by atoms with Gasteiger partial charge in [-0.1, -0.05) is 119 Å². The number of nitrogens with one attached hydrogen (secondary N) is 2. The Labute approximate surface area is 345 Å². The Balaban J connectivity index is 1.36. The number of hydrogen-bond donors (Lipinski definition) is 3. The summed E-state index contributed by atoms with van der Waals surface area (Å²) in [6.07, 6.45) is 0. The SMILES string of the molecule is CC(C)(C)OC(=O)C(C)(C)ON=C(C(=O)NC1C(=O)N2CC(CI)(C(=O)O)C[S+]([O-])[C@H]12)c1csc(NC(c2ccccc2)(c2ccccc2)c2ccccc2)n1. The second-order valence-corrected chi connectivity index (χ2v) is 18.3. The lowest BCUT2D eigenvalue weighted by atomic mass is 9.77. The van der Waals surface area contributed by atoms with Crippen molar-refractivity contribution in [3.63, 3.8) is 0 Å². The molecule has 0 bridgehead atoms. The van der Waals surface area contributed by atoms with Gasteiger partial charge in [0, 0.05) is 16.4 Å². The maximum absolute atomic E-state index is 14.2. The van der Waals surface area contributed by atoms with Gasteiger partial charge in [-0.05, 0) is 62.5 Å². The van der Waals surface area contributed by atoms with Crippen molar-refractivity contribution in [3.8, 4) is 0 Å². The first-order valence-electron chi connectivity index (χ1n) is 17.7. The molecule has 3 unspecified atom stereocenters. The van der Waals surface area contributed by atoms with Crippen LogP contribution in [0.1, 0.15) is 57.0 Å². The highest BCUT2D eigenvalue weighted by molar-refractivity contribution is 14.1. The van der Waals surface area contributed by atoms with E-state index in [4.69, 9.17) is 14.6 Å². The summed E-state index contributed by atoms with van der Waals surface area (Å²) in [5.74, 6) is -3.48. The van der Waals surface area contributed by atoms with Crippen molar-refractivity contribution >= 4 is 79.7 Å². The summed E-state index contributed by atoms with van der Waals surface area (Å²) < 4.78 is 19.1. The topological polar surface area (TPSA) is 183 Å². The maximum Gasteiger partial charge on any atom is 0.353 e. The number of anilines is 1. The van der Waals surface area contributed by atoms with E-state index in [1.54, 1.807) is 26.2 Å². The van der Waals surface area contributed by atoms with E-state index in [-0.39, 0.29) is 28.1 Å². The number of benzene rings is 3. The van der Waals surface area contributed by atoms with E-state index in [1.807, 2.05) is 114 Å². The fourth-order valence-corrected chi connectivity index (χ4v) is 10.4. The van der Waals surface area contributed by atoms with E-state index in [2.05, 4.69) is 15.8 Å². The fraction of sp³-hybridized carbons (Fsp3) is 0.350. The normalized spacial score (nSPS) is 21.3. The van der Waals surface area contributed by atoms with E-state index < -0.39 is 68.5 Å². The number of hydrogen-bond acceptors (Lipinski definition) is 11. The molecule has 0 radical (unpaired) electrons. The van der Waals surface area contributed by atoms with Crippen LogP contribution in [0, 0.1) is 5.41 Å². The van der Waals surface area contributed by atoms with Crippen LogP contribution in [-0.4, -0.2) is 88.4 Å². The van der Waals surface area contributed by atoms with Crippen molar-refractivity contribution in [3.05, 3.63) is 119 Å². The molecule has 3 N–H and O–H groups in total. The highest BCUT2D eigenvalue weighted by Crippen LogP contribution is 2.42. The Morgan fingerprint density at radius 2 is 1.52 bits per heavy atom. The second-order valence-electron chi connectivity index (χ2n) is 15.1. The molecule has 2 saturated heterocycles. The van der Waals surface area contributed by atoms with Gasteiger partial charge >= 0.3 is 11.9 Å². The molecule has 1 aromatic heterocycles. The molecule has 3 heterocycles. The smallest absolute Gasteiger partial charge is 0.353 e. The minimum Gasteiger partial charge on any atom is -0.615 e. The molecule has 6 rings (SSSR count). The first-order chi connectivity index (χ1) is 26.5. The third-order valence-corrected chi connectivity index (χ3v) is 13.6. The number of fused-ring (bicyclic) bond motifs is 1. The molecule has 4 aromatic rings. The number of carbonyl (C=O) groups is 4. The van der Waals surface area contributed by atoms with Crippen molar-refractivity contribution in [2.24, 2.45) is 10.6 Å². The number of β-lactam (4-membered cyclic amide) rings is 1. The number of ether oxygens (including phenoxy) is 1. The van der Waals surface area contributed by atoms with E-state index in [1.165, 1.54) is 30.1 Å². The van der Waals surface area contributed by atoms with Gasteiger partial charge in [0.2, 0.25) is 11.0 Å². The summed E-state index contributed by atoms with van der Waals surface area (Å²) in [4.78, 5) is 64.6. The zero-order valence-electron chi connectivity index (χ0n) is 31.4. The highest BCUT2D eigenvalue weighted by atomic mass is 127. The molecule has 56 heavy (non-hydrogen) atoms. The molecule has 16 heteroatoms. The van der Waals surface area contributed by atoms with Crippen molar-refractivity contribution in [2.45, 2.75) is 62.8 Å². The Hall–Kier alpha value is -4.52. The number of amides is 2. The van der Waals surface area contributed by atoms with Crippen LogP contribution < -0.4 is 10.6 Å². The quantitative estimate of drug-likeness (QED) is 0.0233. The zero-order valence-corrected chi connectivity index (χ0v) is 35.1. The molecule has 2 amide bonds. The van der Waals surface area contributed by atoms with Gasteiger partial charge in [0.25, 0.3) is 11.8 Å². The molecule has 3 aromatic carbocycles. The number of esters is 1. The van der Waals surface area contributed by atoms with Crippen LogP contribution in [0.4, 0.5) is 5.13 Å². The minimum absolute atomic E-state index is 0.0706. The van der Waals surface area contributed by atoms with Gasteiger partial charge in [0.1, 0.15) is 28.0 Å². The van der Waals surface area contributed by atoms with Crippen molar-refractivity contribution in [1.29, 1.82) is 0 Å². The Morgan fingerprint density at radius 3 is 2.00 bits per heavy atom. The van der Waals surface area contributed by atoms with E-state index in [9.17, 15) is 28.8 Å². The van der Waals surface area contributed by atoms with Gasteiger partial charge in [-0.2, -0.15) is 0 Å². The van der Waals surface area contributed by atoms with Gasteiger partial charge in [-0.15, -0.1) is 11.3 Å². The van der Waals surface area contributed by atoms with Crippen molar-refractivity contribution < 1.29 is 38.4 Å². The largest absolute Gasteiger partial charge is 0.615 e. The molecule has 2 fully saturated rings. The minimum atomic E-state index is -1.79.